The van der Waals surface area contributed by atoms with Crippen LogP contribution in [0.2, 0.25) is 0 Å². The van der Waals surface area contributed by atoms with Gasteiger partial charge >= 0.3 is 0 Å². The summed E-state index contributed by atoms with van der Waals surface area (Å²) in [4.78, 5) is 10.7. The molecule has 0 unspecified atom stereocenters. The third-order valence-electron chi connectivity index (χ3n) is 3.80. The van der Waals surface area contributed by atoms with Crippen molar-refractivity contribution in [2.24, 2.45) is 0 Å². The lowest BCUT2D eigenvalue weighted by Gasteiger charge is -2.03. The molecule has 0 aliphatic heterocycles. The molecule has 3 aromatic carbocycles. The van der Waals surface area contributed by atoms with Gasteiger partial charge in [-0.1, -0.05) is 72.8 Å². The molecule has 114 valence electrons. The van der Waals surface area contributed by atoms with Crippen LogP contribution in [-0.2, 0) is 0 Å². The lowest BCUT2D eigenvalue weighted by molar-refractivity contribution is 0.112. The Morgan fingerprint density at radius 2 is 1.04 bits per heavy atom. The van der Waals surface area contributed by atoms with Crippen LogP contribution < -0.4 is 0 Å². The van der Waals surface area contributed by atoms with Crippen molar-refractivity contribution < 1.29 is 4.79 Å². The lowest BCUT2D eigenvalue weighted by Crippen LogP contribution is -1.82. The van der Waals surface area contributed by atoms with E-state index in [4.69, 9.17) is 5.26 Å². The van der Waals surface area contributed by atoms with Crippen LogP contribution in [0.3, 0.4) is 0 Å². The molecule has 0 aliphatic carbocycles. The van der Waals surface area contributed by atoms with Gasteiger partial charge in [-0.2, -0.15) is 5.26 Å². The van der Waals surface area contributed by atoms with Gasteiger partial charge in [0.25, 0.3) is 0 Å². The Kier molecular flexibility index (Phi) is 4.65. The summed E-state index contributed by atoms with van der Waals surface area (Å²) in [5.41, 5.74) is 5.71. The van der Waals surface area contributed by atoms with E-state index in [2.05, 4.69) is 30.3 Å². The zero-order chi connectivity index (χ0) is 16.8. The molecular formula is C22H15NO. The maximum absolute atomic E-state index is 10.7. The molecule has 0 aliphatic rings. The van der Waals surface area contributed by atoms with E-state index >= 15 is 0 Å². The number of carbonyl (C=O) groups excluding carboxylic acids is 1. The van der Waals surface area contributed by atoms with Crippen LogP contribution >= 0.6 is 0 Å². The fourth-order valence-electron chi connectivity index (χ4n) is 2.40. The van der Waals surface area contributed by atoms with Gasteiger partial charge in [0.2, 0.25) is 0 Å². The summed E-state index contributed by atoms with van der Waals surface area (Å²) in [6.45, 7) is 0. The van der Waals surface area contributed by atoms with Crippen molar-refractivity contribution in [2.45, 2.75) is 0 Å². The standard InChI is InChI=1S/C22H15NO/c23-15-19-5-3-17(4-6-19)1-2-18-7-11-21(12-8-18)22-13-9-20(16-24)10-14-22/h1-14,16H. The summed E-state index contributed by atoms with van der Waals surface area (Å²) >= 11 is 0. The Balaban J connectivity index is 1.74. The fraction of sp³-hybridized carbons (Fsp3) is 0. The van der Waals surface area contributed by atoms with Crippen molar-refractivity contribution in [3.8, 4) is 17.2 Å². The Labute approximate surface area is 141 Å². The minimum Gasteiger partial charge on any atom is -0.298 e. The number of aldehydes is 1. The zero-order valence-electron chi connectivity index (χ0n) is 13.0. The highest BCUT2D eigenvalue weighted by Gasteiger charge is 1.98. The molecular weight excluding hydrogens is 294 g/mol. The molecule has 0 amide bonds. The van der Waals surface area contributed by atoms with Crippen LogP contribution in [-0.4, -0.2) is 6.29 Å². The SMILES string of the molecule is N#Cc1ccc(C=Cc2ccc(-c3ccc(C=O)cc3)cc2)cc1. The first-order valence-electron chi connectivity index (χ1n) is 7.62. The number of benzene rings is 3. The van der Waals surface area contributed by atoms with E-state index in [1.807, 2.05) is 60.7 Å². The van der Waals surface area contributed by atoms with E-state index in [-0.39, 0.29) is 0 Å². The second kappa shape index (κ2) is 7.21. The first-order valence-corrected chi connectivity index (χ1v) is 7.62. The minimum absolute atomic E-state index is 0.664. The zero-order valence-corrected chi connectivity index (χ0v) is 13.0. The number of hydrogen-bond acceptors (Lipinski definition) is 2. The summed E-state index contributed by atoms with van der Waals surface area (Å²) in [6.07, 6.45) is 4.91. The topological polar surface area (TPSA) is 40.9 Å². The first-order chi connectivity index (χ1) is 11.8. The second-order valence-electron chi connectivity index (χ2n) is 5.43. The van der Waals surface area contributed by atoms with Gasteiger partial charge in [-0.25, -0.2) is 0 Å². The van der Waals surface area contributed by atoms with E-state index in [1.54, 1.807) is 0 Å². The van der Waals surface area contributed by atoms with E-state index in [0.29, 0.717) is 11.1 Å². The summed E-state index contributed by atoms with van der Waals surface area (Å²) in [5.74, 6) is 0. The largest absolute Gasteiger partial charge is 0.298 e. The van der Waals surface area contributed by atoms with Crippen molar-refractivity contribution >= 4 is 18.4 Å². The molecule has 0 saturated heterocycles. The van der Waals surface area contributed by atoms with Crippen LogP contribution in [0.25, 0.3) is 23.3 Å². The molecule has 0 aromatic heterocycles. The molecule has 2 nitrogen and oxygen atoms in total. The Morgan fingerprint density at radius 1 is 0.625 bits per heavy atom. The molecule has 2 heteroatoms. The lowest BCUT2D eigenvalue weighted by atomic mass is 10.0. The van der Waals surface area contributed by atoms with E-state index in [0.717, 1.165) is 28.5 Å². The fourth-order valence-corrected chi connectivity index (χ4v) is 2.40. The van der Waals surface area contributed by atoms with Gasteiger partial charge in [-0.15, -0.1) is 0 Å². The molecule has 0 spiro atoms. The molecule has 24 heavy (non-hydrogen) atoms. The monoisotopic (exact) mass is 309 g/mol. The Bertz CT molecular complexity index is 896. The normalized spacial score (nSPS) is 10.5. The highest BCUT2D eigenvalue weighted by Crippen LogP contribution is 2.21. The van der Waals surface area contributed by atoms with Crippen molar-refractivity contribution in [1.82, 2.24) is 0 Å². The highest BCUT2D eigenvalue weighted by atomic mass is 16.1. The molecule has 3 aromatic rings. The van der Waals surface area contributed by atoms with Crippen LogP contribution in [0.4, 0.5) is 0 Å². The number of carbonyl (C=O) groups is 1. The number of rotatable bonds is 4. The maximum atomic E-state index is 10.7. The number of hydrogen-bond donors (Lipinski definition) is 0. The van der Waals surface area contributed by atoms with Crippen LogP contribution in [0.1, 0.15) is 27.0 Å². The van der Waals surface area contributed by atoms with Gasteiger partial charge in [0, 0.05) is 5.56 Å². The van der Waals surface area contributed by atoms with Crippen LogP contribution in [0.5, 0.6) is 0 Å². The maximum Gasteiger partial charge on any atom is 0.150 e. The van der Waals surface area contributed by atoms with Gasteiger partial charge in [-0.3, -0.25) is 4.79 Å². The summed E-state index contributed by atoms with van der Waals surface area (Å²) < 4.78 is 0. The molecule has 0 atom stereocenters. The van der Waals surface area contributed by atoms with Crippen LogP contribution in [0, 0.1) is 11.3 Å². The molecule has 0 saturated carbocycles. The average molecular weight is 309 g/mol. The predicted octanol–water partition coefficient (Wildman–Crippen LogP) is 5.21. The molecule has 0 heterocycles. The summed E-state index contributed by atoms with van der Waals surface area (Å²) in [6, 6.07) is 25.4. The first kappa shape index (κ1) is 15.5. The van der Waals surface area contributed by atoms with Gasteiger partial charge in [-0.05, 0) is 34.4 Å². The predicted molar refractivity (Wildman–Crippen MR) is 97.4 cm³/mol. The van der Waals surface area contributed by atoms with Gasteiger partial charge < -0.3 is 0 Å². The summed E-state index contributed by atoms with van der Waals surface area (Å²) in [7, 11) is 0. The molecule has 0 N–H and O–H groups in total. The third kappa shape index (κ3) is 3.66. The van der Waals surface area contributed by atoms with E-state index in [1.165, 1.54) is 0 Å². The summed E-state index contributed by atoms with van der Waals surface area (Å²) in [5, 5.41) is 8.80. The van der Waals surface area contributed by atoms with E-state index in [9.17, 15) is 4.79 Å². The molecule has 0 fully saturated rings. The number of nitrogens with zero attached hydrogens (tertiary/aromatic N) is 1. The second-order valence-corrected chi connectivity index (χ2v) is 5.43. The van der Waals surface area contributed by atoms with E-state index < -0.39 is 0 Å². The Morgan fingerprint density at radius 3 is 1.46 bits per heavy atom. The molecule has 3 rings (SSSR count). The molecule has 0 radical (unpaired) electrons. The highest BCUT2D eigenvalue weighted by molar-refractivity contribution is 5.77. The van der Waals surface area contributed by atoms with Gasteiger partial charge in [0.05, 0.1) is 11.6 Å². The van der Waals surface area contributed by atoms with Gasteiger partial charge in [0.1, 0.15) is 6.29 Å². The minimum atomic E-state index is 0.664. The van der Waals surface area contributed by atoms with Crippen molar-refractivity contribution in [1.29, 1.82) is 5.26 Å². The average Bonchev–Trinajstić information content (AvgIpc) is 2.67. The number of nitriles is 1. The van der Waals surface area contributed by atoms with Crippen molar-refractivity contribution in [3.63, 3.8) is 0 Å². The quantitative estimate of drug-likeness (QED) is 0.490. The third-order valence-corrected chi connectivity index (χ3v) is 3.80. The smallest absolute Gasteiger partial charge is 0.150 e. The van der Waals surface area contributed by atoms with Crippen LogP contribution in [0.15, 0.2) is 72.8 Å². The Hall–Kier alpha value is -3.44. The van der Waals surface area contributed by atoms with Crippen molar-refractivity contribution in [2.75, 3.05) is 0 Å². The molecule has 0 bridgehead atoms. The van der Waals surface area contributed by atoms with Crippen molar-refractivity contribution in [3.05, 3.63) is 95.1 Å². The van der Waals surface area contributed by atoms with Gasteiger partial charge in [0.15, 0.2) is 0 Å².